The molecule has 2 saturated carbocycles. The minimum absolute atomic E-state index is 0.0240. The van der Waals surface area contributed by atoms with Crippen molar-refractivity contribution in [1.82, 2.24) is 0 Å². The van der Waals surface area contributed by atoms with Gasteiger partial charge in [-0.15, -0.1) is 0 Å². The Morgan fingerprint density at radius 2 is 1.63 bits per heavy atom. The highest BCUT2D eigenvalue weighted by molar-refractivity contribution is 5.25. The summed E-state index contributed by atoms with van der Waals surface area (Å²) in [7, 11) is 0. The Morgan fingerprint density at radius 3 is 2.20 bits per heavy atom. The largest absolute Gasteiger partial charge is 0.367 e. The number of alkyl halides is 2. The van der Waals surface area contributed by atoms with Crippen molar-refractivity contribution in [2.24, 2.45) is 17.8 Å². The highest BCUT2D eigenvalue weighted by Gasteiger charge is 2.33. The van der Waals surface area contributed by atoms with E-state index in [2.05, 4.69) is 43.3 Å². The molecule has 2 aliphatic carbocycles. The molecule has 1 atom stereocenters. The van der Waals surface area contributed by atoms with Crippen LogP contribution < -0.4 is 0 Å². The molecule has 0 amide bonds. The maximum atomic E-state index is 13.7. The molecular weight excluding hydrogens is 378 g/mol. The van der Waals surface area contributed by atoms with Gasteiger partial charge in [-0.25, -0.2) is 8.78 Å². The minimum Gasteiger partial charge on any atom is -0.367 e. The van der Waals surface area contributed by atoms with E-state index >= 15 is 0 Å². The molecule has 30 heavy (non-hydrogen) atoms. The average Bonchev–Trinajstić information content (AvgIpc) is 2.76. The van der Waals surface area contributed by atoms with Gasteiger partial charge in [-0.1, -0.05) is 56.2 Å². The summed E-state index contributed by atoms with van der Waals surface area (Å²) in [4.78, 5) is 0. The van der Waals surface area contributed by atoms with E-state index in [1.807, 2.05) is 6.92 Å². The van der Waals surface area contributed by atoms with Gasteiger partial charge in [0.2, 0.25) is 0 Å². The monoisotopic (exact) mass is 418 g/mol. The van der Waals surface area contributed by atoms with Crippen LogP contribution in [0.2, 0.25) is 0 Å². The van der Waals surface area contributed by atoms with Crippen LogP contribution in [0.1, 0.15) is 95.1 Å². The summed E-state index contributed by atoms with van der Waals surface area (Å²) in [5.41, 5.74) is 2.41. The lowest BCUT2D eigenvalue weighted by Gasteiger charge is -2.32. The maximum absolute atomic E-state index is 13.7. The van der Waals surface area contributed by atoms with Crippen LogP contribution in [0.4, 0.5) is 8.78 Å². The summed E-state index contributed by atoms with van der Waals surface area (Å²) in [6, 6.07) is 8.56. The first-order valence-electron chi connectivity index (χ1n) is 12.2. The standard InChI is InChI=1S/C27H40F2O/c1-3-5-20-7-13-23(14-8-20)24-15-11-22(12-16-24)19-30-26(27(28)29)25-17-9-21(6-4-2)10-18-25/h4,6,11-12,15-16,20-21,23,25-27H,3,5,7-10,13-14,17-19H2,1-2H3/b6-4+. The molecule has 0 aliphatic heterocycles. The van der Waals surface area contributed by atoms with Crippen molar-refractivity contribution in [1.29, 1.82) is 0 Å². The van der Waals surface area contributed by atoms with Gasteiger partial charge in [0, 0.05) is 0 Å². The summed E-state index contributed by atoms with van der Waals surface area (Å²) in [6.45, 7) is 4.59. The first kappa shape index (κ1) is 23.4. The molecule has 0 saturated heterocycles. The summed E-state index contributed by atoms with van der Waals surface area (Å²) in [5, 5.41) is 0. The normalized spacial score (nSPS) is 28.8. The lowest BCUT2D eigenvalue weighted by Crippen LogP contribution is -2.33. The molecular formula is C27H40F2O. The number of hydrogen-bond donors (Lipinski definition) is 0. The Bertz CT molecular complexity index is 623. The third-order valence-electron chi connectivity index (χ3n) is 7.43. The zero-order chi connectivity index (χ0) is 21.3. The molecule has 3 heteroatoms. The van der Waals surface area contributed by atoms with E-state index in [4.69, 9.17) is 4.74 Å². The van der Waals surface area contributed by atoms with Crippen molar-refractivity contribution in [2.45, 2.75) is 103 Å². The predicted molar refractivity (Wildman–Crippen MR) is 121 cm³/mol. The fourth-order valence-corrected chi connectivity index (χ4v) is 5.62. The molecule has 2 fully saturated rings. The van der Waals surface area contributed by atoms with Crippen molar-refractivity contribution >= 4 is 0 Å². The van der Waals surface area contributed by atoms with Crippen LogP contribution in [0.15, 0.2) is 36.4 Å². The van der Waals surface area contributed by atoms with E-state index in [0.29, 0.717) is 11.8 Å². The molecule has 1 aromatic rings. The first-order chi connectivity index (χ1) is 14.6. The van der Waals surface area contributed by atoms with Gasteiger partial charge in [0.1, 0.15) is 6.10 Å². The quantitative estimate of drug-likeness (QED) is 0.366. The topological polar surface area (TPSA) is 9.23 Å². The van der Waals surface area contributed by atoms with E-state index in [1.54, 1.807) is 0 Å². The second kappa shape index (κ2) is 12.0. The third kappa shape index (κ3) is 6.64. The van der Waals surface area contributed by atoms with Gasteiger partial charge < -0.3 is 4.74 Å². The predicted octanol–water partition coefficient (Wildman–Crippen LogP) is 8.29. The molecule has 0 spiro atoms. The van der Waals surface area contributed by atoms with Gasteiger partial charge in [0.25, 0.3) is 6.43 Å². The van der Waals surface area contributed by atoms with E-state index in [1.165, 1.54) is 44.1 Å². The Morgan fingerprint density at radius 1 is 0.967 bits per heavy atom. The zero-order valence-electron chi connectivity index (χ0n) is 18.9. The molecule has 0 aromatic heterocycles. The van der Waals surface area contributed by atoms with Crippen molar-refractivity contribution in [3.63, 3.8) is 0 Å². The zero-order valence-corrected chi connectivity index (χ0v) is 18.9. The first-order valence-corrected chi connectivity index (χ1v) is 12.2. The van der Waals surface area contributed by atoms with Crippen LogP contribution in [0, 0.1) is 17.8 Å². The SMILES string of the molecule is C/C=C/C1CCC(C(OCc2ccc(C3CCC(CCC)CC3)cc2)C(F)F)CC1. The van der Waals surface area contributed by atoms with Crippen LogP contribution >= 0.6 is 0 Å². The number of rotatable bonds is 9. The molecule has 0 N–H and O–H groups in total. The highest BCUT2D eigenvalue weighted by atomic mass is 19.3. The molecule has 2 aliphatic rings. The van der Waals surface area contributed by atoms with E-state index in [9.17, 15) is 8.78 Å². The summed E-state index contributed by atoms with van der Waals surface area (Å²) >= 11 is 0. The minimum atomic E-state index is -2.41. The fraction of sp³-hybridized carbons (Fsp3) is 0.704. The van der Waals surface area contributed by atoms with Crippen LogP contribution in [-0.4, -0.2) is 12.5 Å². The second-order valence-corrected chi connectivity index (χ2v) is 9.56. The number of benzene rings is 1. The smallest absolute Gasteiger partial charge is 0.264 e. The van der Waals surface area contributed by atoms with Gasteiger partial charge in [-0.3, -0.25) is 0 Å². The fourth-order valence-electron chi connectivity index (χ4n) is 5.62. The van der Waals surface area contributed by atoms with Gasteiger partial charge in [0.05, 0.1) is 6.61 Å². The molecule has 0 heterocycles. The number of allylic oxidation sites excluding steroid dienone is 2. The van der Waals surface area contributed by atoms with Gasteiger partial charge in [-0.2, -0.15) is 0 Å². The van der Waals surface area contributed by atoms with Crippen LogP contribution in [0.25, 0.3) is 0 Å². The van der Waals surface area contributed by atoms with Gasteiger partial charge in [0.15, 0.2) is 0 Å². The van der Waals surface area contributed by atoms with E-state index < -0.39 is 12.5 Å². The van der Waals surface area contributed by atoms with Crippen LogP contribution in [0.3, 0.4) is 0 Å². The Labute approximate surface area is 182 Å². The highest BCUT2D eigenvalue weighted by Crippen LogP contribution is 2.38. The van der Waals surface area contributed by atoms with Crippen molar-refractivity contribution < 1.29 is 13.5 Å². The molecule has 0 bridgehead atoms. The molecule has 0 radical (unpaired) electrons. The Kier molecular flexibility index (Phi) is 9.36. The van der Waals surface area contributed by atoms with Crippen LogP contribution in [-0.2, 0) is 11.3 Å². The van der Waals surface area contributed by atoms with Gasteiger partial charge in [-0.05, 0) is 93.1 Å². The number of hydrogen-bond acceptors (Lipinski definition) is 1. The molecule has 3 rings (SSSR count). The Balaban J connectivity index is 1.48. The molecule has 168 valence electrons. The molecule has 1 nitrogen and oxygen atoms in total. The lowest BCUT2D eigenvalue weighted by atomic mass is 9.77. The van der Waals surface area contributed by atoms with Gasteiger partial charge >= 0.3 is 0 Å². The van der Waals surface area contributed by atoms with Crippen molar-refractivity contribution in [3.8, 4) is 0 Å². The average molecular weight is 419 g/mol. The third-order valence-corrected chi connectivity index (χ3v) is 7.43. The number of halogens is 2. The summed E-state index contributed by atoms with van der Waals surface area (Å²) in [6.07, 6.45) is 12.5. The van der Waals surface area contributed by atoms with E-state index in [0.717, 1.165) is 37.2 Å². The Hall–Kier alpha value is -1.22. The lowest BCUT2D eigenvalue weighted by molar-refractivity contribution is -0.101. The summed E-state index contributed by atoms with van der Waals surface area (Å²) in [5.74, 6) is 2.10. The van der Waals surface area contributed by atoms with E-state index in [-0.39, 0.29) is 12.5 Å². The van der Waals surface area contributed by atoms with Crippen LogP contribution in [0.5, 0.6) is 0 Å². The molecule has 1 unspecified atom stereocenters. The maximum Gasteiger partial charge on any atom is 0.264 e. The summed E-state index contributed by atoms with van der Waals surface area (Å²) < 4.78 is 33.2. The van der Waals surface area contributed by atoms with Crippen molar-refractivity contribution in [3.05, 3.63) is 47.5 Å². The second-order valence-electron chi connectivity index (χ2n) is 9.56. The van der Waals surface area contributed by atoms with Crippen molar-refractivity contribution in [2.75, 3.05) is 0 Å². The number of ether oxygens (including phenoxy) is 1. The molecule has 1 aromatic carbocycles.